The minimum Gasteiger partial charge on any atom is -0.478 e. The Bertz CT molecular complexity index is 589. The third-order valence-electron chi connectivity index (χ3n) is 2.95. The Kier molecular flexibility index (Phi) is 4.89. The Hall–Kier alpha value is -2.05. The van der Waals surface area contributed by atoms with Gasteiger partial charge in [-0.15, -0.1) is 0 Å². The van der Waals surface area contributed by atoms with Crippen molar-refractivity contribution in [2.24, 2.45) is 5.41 Å². The Morgan fingerprint density at radius 2 is 1.73 bits per heavy atom. The van der Waals surface area contributed by atoms with E-state index in [4.69, 9.17) is 5.11 Å². The van der Waals surface area contributed by atoms with Crippen LogP contribution >= 0.6 is 0 Å². The molecule has 4 nitrogen and oxygen atoms in total. The predicted molar refractivity (Wildman–Crippen MR) is 76.0 cm³/mol. The number of carbonyl (C=O) groups excluding carboxylic acids is 1. The molecule has 1 N–H and O–H groups in total. The van der Waals surface area contributed by atoms with E-state index in [0.29, 0.717) is 4.90 Å². The van der Waals surface area contributed by atoms with Crippen LogP contribution in [0.3, 0.4) is 0 Å². The third kappa shape index (κ3) is 4.22. The number of rotatable bonds is 3. The number of hydrogen-bond acceptors (Lipinski definition) is 2. The van der Waals surface area contributed by atoms with Crippen molar-refractivity contribution >= 4 is 17.6 Å². The van der Waals surface area contributed by atoms with Crippen LogP contribution in [0.5, 0.6) is 0 Å². The average Bonchev–Trinajstić information content (AvgIpc) is 2.33. The number of carboxylic acid groups (broad SMARTS) is 1. The van der Waals surface area contributed by atoms with Gasteiger partial charge in [0.05, 0.1) is 5.56 Å². The molecule has 0 aromatic heterocycles. The molecule has 0 heterocycles. The first-order chi connectivity index (χ1) is 9.84. The van der Waals surface area contributed by atoms with Gasteiger partial charge in [-0.25, -0.2) is 4.79 Å². The van der Waals surface area contributed by atoms with Crippen LogP contribution in [-0.2, 0) is 4.79 Å². The van der Waals surface area contributed by atoms with Crippen LogP contribution in [0.1, 0.15) is 36.7 Å². The van der Waals surface area contributed by atoms with Crippen LogP contribution in [-0.4, -0.2) is 29.7 Å². The molecule has 1 amide bonds. The molecule has 122 valence electrons. The van der Waals surface area contributed by atoms with Crippen molar-refractivity contribution in [3.63, 3.8) is 0 Å². The van der Waals surface area contributed by atoms with Crippen molar-refractivity contribution in [3.8, 4) is 0 Å². The zero-order valence-corrected chi connectivity index (χ0v) is 12.8. The third-order valence-corrected chi connectivity index (χ3v) is 2.95. The minimum atomic E-state index is -5.03. The summed E-state index contributed by atoms with van der Waals surface area (Å²) in [7, 11) is 0. The molecule has 0 aliphatic heterocycles. The fraction of sp³-hybridized carbons (Fsp3) is 0.467. The van der Waals surface area contributed by atoms with Gasteiger partial charge in [-0.1, -0.05) is 26.8 Å². The van der Waals surface area contributed by atoms with Crippen molar-refractivity contribution in [2.75, 3.05) is 11.4 Å². The Morgan fingerprint density at radius 1 is 1.18 bits per heavy atom. The monoisotopic (exact) mass is 317 g/mol. The molecular weight excluding hydrogens is 299 g/mol. The number of benzene rings is 1. The van der Waals surface area contributed by atoms with Crippen molar-refractivity contribution in [3.05, 3.63) is 29.3 Å². The molecule has 0 radical (unpaired) electrons. The van der Waals surface area contributed by atoms with Gasteiger partial charge in [0.15, 0.2) is 0 Å². The first-order valence-corrected chi connectivity index (χ1v) is 6.56. The van der Waals surface area contributed by atoms with E-state index in [1.165, 1.54) is 25.1 Å². The summed E-state index contributed by atoms with van der Waals surface area (Å²) in [6.07, 6.45) is -5.03. The number of alkyl halides is 3. The second-order valence-electron chi connectivity index (χ2n) is 6.20. The average molecular weight is 317 g/mol. The summed E-state index contributed by atoms with van der Waals surface area (Å²) in [6, 6.07) is 3.93. The number of halogens is 3. The first kappa shape index (κ1) is 18.0. The van der Waals surface area contributed by atoms with Gasteiger partial charge in [-0.2, -0.15) is 13.2 Å². The topological polar surface area (TPSA) is 57.6 Å². The van der Waals surface area contributed by atoms with Gasteiger partial charge >= 0.3 is 18.1 Å². The van der Waals surface area contributed by atoms with Crippen LogP contribution in [0.25, 0.3) is 0 Å². The summed E-state index contributed by atoms with van der Waals surface area (Å²) in [6.45, 7) is 6.29. The maximum Gasteiger partial charge on any atom is 0.471 e. The predicted octanol–water partition coefficient (Wildman–Crippen LogP) is 3.63. The van der Waals surface area contributed by atoms with Crippen molar-refractivity contribution in [1.82, 2.24) is 0 Å². The summed E-state index contributed by atoms with van der Waals surface area (Å²) in [5, 5.41) is 9.08. The molecule has 0 aliphatic rings. The molecule has 22 heavy (non-hydrogen) atoms. The highest BCUT2D eigenvalue weighted by molar-refractivity contribution is 6.00. The number of hydrogen-bond donors (Lipinski definition) is 1. The Labute approximate surface area is 126 Å². The highest BCUT2D eigenvalue weighted by Gasteiger charge is 2.44. The maximum absolute atomic E-state index is 12.8. The summed E-state index contributed by atoms with van der Waals surface area (Å²) < 4.78 is 38.5. The number of anilines is 1. The summed E-state index contributed by atoms with van der Waals surface area (Å²) in [5.41, 5.74) is -0.646. The molecule has 7 heteroatoms. The molecule has 0 aliphatic carbocycles. The van der Waals surface area contributed by atoms with E-state index in [2.05, 4.69) is 0 Å². The normalized spacial score (nSPS) is 12.1. The summed E-state index contributed by atoms with van der Waals surface area (Å²) >= 11 is 0. The molecule has 1 rings (SSSR count). The number of nitrogens with zero attached hydrogens (tertiary/aromatic N) is 1. The number of aromatic carboxylic acids is 1. The van der Waals surface area contributed by atoms with E-state index in [1.807, 2.05) is 0 Å². The van der Waals surface area contributed by atoms with Crippen LogP contribution in [0, 0.1) is 12.3 Å². The van der Waals surface area contributed by atoms with Crippen LogP contribution in [0.4, 0.5) is 18.9 Å². The molecule has 0 unspecified atom stereocenters. The molecule has 1 aromatic carbocycles. The van der Waals surface area contributed by atoms with Gasteiger partial charge in [0.25, 0.3) is 0 Å². The Balaban J connectivity index is 3.43. The maximum atomic E-state index is 12.8. The highest BCUT2D eigenvalue weighted by atomic mass is 19.4. The fourth-order valence-corrected chi connectivity index (χ4v) is 2.04. The van der Waals surface area contributed by atoms with Crippen LogP contribution < -0.4 is 4.90 Å². The lowest BCUT2D eigenvalue weighted by Gasteiger charge is -2.31. The van der Waals surface area contributed by atoms with Crippen molar-refractivity contribution < 1.29 is 27.9 Å². The van der Waals surface area contributed by atoms with Crippen molar-refractivity contribution in [2.45, 2.75) is 33.9 Å². The zero-order chi connectivity index (χ0) is 17.3. The molecule has 0 saturated carbocycles. The molecule has 0 bridgehead atoms. The number of carboxylic acids is 1. The first-order valence-electron chi connectivity index (χ1n) is 6.56. The van der Waals surface area contributed by atoms with E-state index >= 15 is 0 Å². The standard InChI is InChI=1S/C15H18F3NO3/c1-9-10(12(20)21)6-5-7-11(9)19(8-14(2,3)4)13(22)15(16,17)18/h5-7H,8H2,1-4H3,(H,20,21). The number of amides is 1. The van der Waals surface area contributed by atoms with Gasteiger partial charge in [-0.05, 0) is 30.0 Å². The Morgan fingerprint density at radius 3 is 2.14 bits per heavy atom. The molecule has 1 aromatic rings. The van der Waals surface area contributed by atoms with Gasteiger partial charge in [0.1, 0.15) is 0 Å². The largest absolute Gasteiger partial charge is 0.478 e. The fourth-order valence-electron chi connectivity index (χ4n) is 2.04. The molecular formula is C15H18F3NO3. The lowest BCUT2D eigenvalue weighted by Crippen LogP contribution is -2.45. The molecule has 0 spiro atoms. The van der Waals surface area contributed by atoms with E-state index in [1.54, 1.807) is 20.8 Å². The van der Waals surface area contributed by atoms with Gasteiger partial charge in [0, 0.05) is 12.2 Å². The van der Waals surface area contributed by atoms with Crippen LogP contribution in [0.2, 0.25) is 0 Å². The lowest BCUT2D eigenvalue weighted by molar-refractivity contribution is -0.170. The molecule has 0 saturated heterocycles. The smallest absolute Gasteiger partial charge is 0.471 e. The second-order valence-corrected chi connectivity index (χ2v) is 6.20. The lowest BCUT2D eigenvalue weighted by atomic mass is 9.95. The van der Waals surface area contributed by atoms with E-state index in [-0.39, 0.29) is 23.4 Å². The highest BCUT2D eigenvalue weighted by Crippen LogP contribution is 2.31. The van der Waals surface area contributed by atoms with Gasteiger partial charge in [-0.3, -0.25) is 4.79 Å². The molecule has 0 atom stereocenters. The minimum absolute atomic E-state index is 0.0443. The molecule has 0 fully saturated rings. The SMILES string of the molecule is Cc1c(C(=O)O)cccc1N(CC(C)(C)C)C(=O)C(F)(F)F. The zero-order valence-electron chi connectivity index (χ0n) is 12.8. The van der Waals surface area contributed by atoms with E-state index in [0.717, 1.165) is 0 Å². The van der Waals surface area contributed by atoms with Gasteiger partial charge < -0.3 is 10.0 Å². The quantitative estimate of drug-likeness (QED) is 0.926. The summed E-state index contributed by atoms with van der Waals surface area (Å²) in [4.78, 5) is 23.5. The van der Waals surface area contributed by atoms with Gasteiger partial charge in [0.2, 0.25) is 0 Å². The van der Waals surface area contributed by atoms with Crippen molar-refractivity contribution in [1.29, 1.82) is 0 Å². The van der Waals surface area contributed by atoms with E-state index < -0.39 is 23.5 Å². The van der Waals surface area contributed by atoms with Crippen LogP contribution in [0.15, 0.2) is 18.2 Å². The van der Waals surface area contributed by atoms with E-state index in [9.17, 15) is 22.8 Å². The second kappa shape index (κ2) is 5.98. The summed E-state index contributed by atoms with van der Waals surface area (Å²) in [5.74, 6) is -3.26. The number of carbonyl (C=O) groups is 2.